The number of likely N-dealkylation sites (tertiary alicyclic amines) is 1. The molecule has 0 radical (unpaired) electrons. The third-order valence-electron chi connectivity index (χ3n) is 4.92. The SMILES string of the molecule is CC(C)(C)OC(=O)N1CC[C@H](Nc2cncc(-c3cnc(Oc4cccc(Cl)c4)nc3)c2)C1. The molecule has 4 rings (SSSR count). The Balaban J connectivity index is 1.37. The molecule has 1 saturated heterocycles. The molecule has 3 heterocycles. The van der Waals surface area contributed by atoms with E-state index in [-0.39, 0.29) is 18.1 Å². The molecule has 1 N–H and O–H groups in total. The fraction of sp³-hybridized carbons (Fsp3) is 0.333. The van der Waals surface area contributed by atoms with Crippen LogP contribution in [0.1, 0.15) is 27.2 Å². The van der Waals surface area contributed by atoms with Gasteiger partial charge < -0.3 is 19.7 Å². The maximum absolute atomic E-state index is 12.3. The summed E-state index contributed by atoms with van der Waals surface area (Å²) >= 11 is 5.98. The Labute approximate surface area is 197 Å². The molecule has 1 aliphatic heterocycles. The zero-order valence-corrected chi connectivity index (χ0v) is 19.5. The standard InChI is InChI=1S/C24H26ClN5O3/c1-24(2,3)33-23(31)30-8-7-19(15-30)29-20-9-16(11-26-14-20)17-12-27-22(28-13-17)32-21-6-4-5-18(25)10-21/h4-6,9-14,19,29H,7-8,15H2,1-3H3/t19-/m0/s1. The van der Waals surface area contributed by atoms with Crippen LogP contribution in [-0.4, -0.2) is 50.7 Å². The lowest BCUT2D eigenvalue weighted by atomic mass is 10.1. The van der Waals surface area contributed by atoms with Gasteiger partial charge in [0.1, 0.15) is 11.4 Å². The predicted molar refractivity (Wildman–Crippen MR) is 127 cm³/mol. The van der Waals surface area contributed by atoms with Gasteiger partial charge >= 0.3 is 12.1 Å². The van der Waals surface area contributed by atoms with Crippen LogP contribution >= 0.6 is 11.6 Å². The van der Waals surface area contributed by atoms with E-state index in [0.29, 0.717) is 23.9 Å². The molecule has 33 heavy (non-hydrogen) atoms. The van der Waals surface area contributed by atoms with Gasteiger partial charge in [0.25, 0.3) is 0 Å². The first-order valence-electron chi connectivity index (χ1n) is 10.7. The van der Waals surface area contributed by atoms with Gasteiger partial charge in [0, 0.05) is 60.1 Å². The highest BCUT2D eigenvalue weighted by atomic mass is 35.5. The lowest BCUT2D eigenvalue weighted by Crippen LogP contribution is -2.36. The normalized spacial score (nSPS) is 15.9. The van der Waals surface area contributed by atoms with E-state index in [0.717, 1.165) is 23.2 Å². The number of anilines is 1. The molecule has 0 aliphatic carbocycles. The topological polar surface area (TPSA) is 89.5 Å². The van der Waals surface area contributed by atoms with Crippen molar-refractivity contribution in [1.29, 1.82) is 0 Å². The first-order chi connectivity index (χ1) is 15.7. The summed E-state index contributed by atoms with van der Waals surface area (Å²) in [6.45, 7) is 6.84. The van der Waals surface area contributed by atoms with Crippen LogP contribution < -0.4 is 10.1 Å². The van der Waals surface area contributed by atoms with Crippen molar-refractivity contribution in [3.05, 3.63) is 60.1 Å². The number of rotatable bonds is 5. The van der Waals surface area contributed by atoms with Crippen molar-refractivity contribution in [3.63, 3.8) is 0 Å². The number of nitrogens with zero attached hydrogens (tertiary/aromatic N) is 4. The summed E-state index contributed by atoms with van der Waals surface area (Å²) in [5.41, 5.74) is 2.04. The first kappa shape index (κ1) is 22.8. The Hall–Kier alpha value is -3.39. The molecule has 172 valence electrons. The van der Waals surface area contributed by atoms with Crippen molar-refractivity contribution in [2.24, 2.45) is 0 Å². The molecule has 1 aromatic carbocycles. The minimum Gasteiger partial charge on any atom is -0.444 e. The van der Waals surface area contributed by atoms with Crippen molar-refractivity contribution in [2.45, 2.75) is 38.8 Å². The van der Waals surface area contributed by atoms with Gasteiger partial charge in [0.2, 0.25) is 0 Å². The molecule has 9 heteroatoms. The molecule has 2 aromatic heterocycles. The maximum atomic E-state index is 12.3. The van der Waals surface area contributed by atoms with Gasteiger partial charge in [-0.2, -0.15) is 0 Å². The number of halogens is 1. The summed E-state index contributed by atoms with van der Waals surface area (Å²) in [5.74, 6) is 0.570. The first-order valence-corrected chi connectivity index (χ1v) is 11.1. The molecule has 3 aromatic rings. The summed E-state index contributed by atoms with van der Waals surface area (Å²) < 4.78 is 11.1. The summed E-state index contributed by atoms with van der Waals surface area (Å²) in [6.07, 6.45) is 7.44. The quantitative estimate of drug-likeness (QED) is 0.536. The van der Waals surface area contributed by atoms with Gasteiger partial charge in [-0.25, -0.2) is 14.8 Å². The average Bonchev–Trinajstić information content (AvgIpc) is 3.22. The van der Waals surface area contributed by atoms with Crippen LogP contribution in [-0.2, 0) is 4.74 Å². The summed E-state index contributed by atoms with van der Waals surface area (Å²) in [5, 5.41) is 4.04. The van der Waals surface area contributed by atoms with Crippen LogP contribution in [0.4, 0.5) is 10.5 Å². The monoisotopic (exact) mass is 467 g/mol. The third-order valence-corrected chi connectivity index (χ3v) is 5.15. The van der Waals surface area contributed by atoms with Crippen LogP contribution in [0.15, 0.2) is 55.1 Å². The van der Waals surface area contributed by atoms with Gasteiger partial charge in [-0.3, -0.25) is 4.98 Å². The summed E-state index contributed by atoms with van der Waals surface area (Å²) in [7, 11) is 0. The molecule has 0 unspecified atom stereocenters. The van der Waals surface area contributed by atoms with Crippen LogP contribution in [0.25, 0.3) is 11.1 Å². The molecular weight excluding hydrogens is 442 g/mol. The molecule has 1 atom stereocenters. The number of carbonyl (C=O) groups excluding carboxylic acids is 1. The predicted octanol–water partition coefficient (Wildman–Crippen LogP) is 5.41. The molecular formula is C24H26ClN5O3. The largest absolute Gasteiger partial charge is 0.444 e. The Morgan fingerprint density at radius 2 is 1.91 bits per heavy atom. The lowest BCUT2D eigenvalue weighted by Gasteiger charge is -2.24. The maximum Gasteiger partial charge on any atom is 0.410 e. The fourth-order valence-corrected chi connectivity index (χ4v) is 3.62. The number of pyridine rings is 1. The van der Waals surface area contributed by atoms with Gasteiger partial charge in [0.05, 0.1) is 5.69 Å². The molecule has 1 aliphatic rings. The van der Waals surface area contributed by atoms with Gasteiger partial charge in [0.15, 0.2) is 0 Å². The van der Waals surface area contributed by atoms with Crippen LogP contribution in [0, 0.1) is 0 Å². The van der Waals surface area contributed by atoms with E-state index in [1.165, 1.54) is 0 Å². The number of benzene rings is 1. The number of nitrogens with one attached hydrogen (secondary N) is 1. The number of amides is 1. The Kier molecular flexibility index (Phi) is 6.65. The second-order valence-electron chi connectivity index (χ2n) is 8.83. The fourth-order valence-electron chi connectivity index (χ4n) is 3.44. The second kappa shape index (κ2) is 9.62. The second-order valence-corrected chi connectivity index (χ2v) is 9.27. The highest BCUT2D eigenvalue weighted by Gasteiger charge is 2.29. The van der Waals surface area contributed by atoms with Crippen molar-refractivity contribution in [2.75, 3.05) is 18.4 Å². The Bertz CT molecular complexity index is 1120. The van der Waals surface area contributed by atoms with Crippen molar-refractivity contribution < 1.29 is 14.3 Å². The van der Waals surface area contributed by atoms with Gasteiger partial charge in [-0.15, -0.1) is 0 Å². The molecule has 0 saturated carbocycles. The Morgan fingerprint density at radius 1 is 1.12 bits per heavy atom. The summed E-state index contributed by atoms with van der Waals surface area (Å²) in [6, 6.07) is 9.40. The Morgan fingerprint density at radius 3 is 2.64 bits per heavy atom. The van der Waals surface area contributed by atoms with Crippen LogP contribution in [0.2, 0.25) is 5.02 Å². The minimum atomic E-state index is -0.502. The van der Waals surface area contributed by atoms with E-state index in [9.17, 15) is 4.79 Å². The van der Waals surface area contributed by atoms with E-state index in [1.807, 2.05) is 26.8 Å². The third kappa shape index (κ3) is 6.32. The van der Waals surface area contributed by atoms with E-state index in [2.05, 4.69) is 20.3 Å². The van der Waals surface area contributed by atoms with E-state index in [4.69, 9.17) is 21.1 Å². The van der Waals surface area contributed by atoms with Crippen molar-refractivity contribution >= 4 is 23.4 Å². The smallest absolute Gasteiger partial charge is 0.410 e. The van der Waals surface area contributed by atoms with Crippen molar-refractivity contribution in [1.82, 2.24) is 19.9 Å². The molecule has 0 spiro atoms. The minimum absolute atomic E-state index is 0.124. The number of hydrogen-bond acceptors (Lipinski definition) is 7. The average molecular weight is 468 g/mol. The molecule has 1 fully saturated rings. The van der Waals surface area contributed by atoms with E-state index >= 15 is 0 Å². The van der Waals surface area contributed by atoms with Crippen LogP contribution in [0.3, 0.4) is 0 Å². The zero-order chi connectivity index (χ0) is 23.4. The number of aromatic nitrogens is 3. The molecule has 8 nitrogen and oxygen atoms in total. The highest BCUT2D eigenvalue weighted by Crippen LogP contribution is 2.25. The molecule has 1 amide bonds. The van der Waals surface area contributed by atoms with Crippen molar-refractivity contribution in [3.8, 4) is 22.9 Å². The zero-order valence-electron chi connectivity index (χ0n) is 18.8. The number of carbonyl (C=O) groups is 1. The number of hydrogen-bond donors (Lipinski definition) is 1. The number of ether oxygens (including phenoxy) is 2. The van der Waals surface area contributed by atoms with E-state index < -0.39 is 5.60 Å². The van der Waals surface area contributed by atoms with Crippen LogP contribution in [0.5, 0.6) is 11.8 Å². The summed E-state index contributed by atoms with van der Waals surface area (Å²) in [4.78, 5) is 26.9. The van der Waals surface area contributed by atoms with Gasteiger partial charge in [-0.05, 0) is 51.5 Å². The molecule has 0 bridgehead atoms. The lowest BCUT2D eigenvalue weighted by molar-refractivity contribution is 0.0293. The van der Waals surface area contributed by atoms with Gasteiger partial charge in [-0.1, -0.05) is 17.7 Å². The highest BCUT2D eigenvalue weighted by molar-refractivity contribution is 6.30. The van der Waals surface area contributed by atoms with E-state index in [1.54, 1.807) is 54.0 Å².